The van der Waals surface area contributed by atoms with Gasteiger partial charge in [-0.05, 0) is 32.0 Å². The number of rotatable bonds is 4. The molecule has 4 nitrogen and oxygen atoms in total. The molecule has 92 valence electrons. The topological polar surface area (TPSA) is 55.4 Å². The normalized spacial score (nSPS) is 11.7. The molecule has 0 radical (unpaired) electrons. The van der Waals surface area contributed by atoms with Crippen molar-refractivity contribution in [2.75, 3.05) is 11.9 Å². The van der Waals surface area contributed by atoms with E-state index in [0.29, 0.717) is 5.69 Å². The van der Waals surface area contributed by atoms with E-state index in [2.05, 4.69) is 5.32 Å². The van der Waals surface area contributed by atoms with Crippen LogP contribution in [-0.4, -0.2) is 18.5 Å². The molecule has 0 aliphatic heterocycles. The third kappa shape index (κ3) is 3.86. The van der Waals surface area contributed by atoms with Gasteiger partial charge in [0.1, 0.15) is 11.7 Å². The lowest BCUT2D eigenvalue weighted by molar-refractivity contribution is -0.150. The summed E-state index contributed by atoms with van der Waals surface area (Å²) in [5, 5.41) is 2.44. The number of anilines is 1. The second-order valence-corrected chi connectivity index (χ2v) is 3.47. The first-order valence-electron chi connectivity index (χ1n) is 5.27. The molecule has 1 N–H and O–H groups in total. The molecule has 0 aliphatic rings. The van der Waals surface area contributed by atoms with Crippen molar-refractivity contribution in [2.45, 2.75) is 13.8 Å². The van der Waals surface area contributed by atoms with Crippen molar-refractivity contribution in [1.82, 2.24) is 0 Å². The lowest BCUT2D eigenvalue weighted by Gasteiger charge is -2.11. The van der Waals surface area contributed by atoms with Crippen LogP contribution in [0.15, 0.2) is 24.3 Å². The molecule has 1 aromatic carbocycles. The van der Waals surface area contributed by atoms with E-state index in [4.69, 9.17) is 4.74 Å². The van der Waals surface area contributed by atoms with Crippen LogP contribution in [0.25, 0.3) is 0 Å². The van der Waals surface area contributed by atoms with Gasteiger partial charge in [-0.3, -0.25) is 9.59 Å². The quantitative estimate of drug-likeness (QED) is 0.645. The van der Waals surface area contributed by atoms with E-state index in [0.717, 1.165) is 0 Å². The van der Waals surface area contributed by atoms with Crippen LogP contribution in [-0.2, 0) is 14.3 Å². The van der Waals surface area contributed by atoms with Crippen molar-refractivity contribution >= 4 is 17.6 Å². The Balaban J connectivity index is 2.63. The van der Waals surface area contributed by atoms with Crippen LogP contribution in [0.4, 0.5) is 10.1 Å². The Morgan fingerprint density at radius 2 is 2.18 bits per heavy atom. The molecular weight excluding hydrogens is 225 g/mol. The summed E-state index contributed by atoms with van der Waals surface area (Å²) < 4.78 is 17.6. The molecule has 1 amide bonds. The number of benzene rings is 1. The maximum Gasteiger partial charge on any atom is 0.318 e. The van der Waals surface area contributed by atoms with Crippen molar-refractivity contribution in [3.05, 3.63) is 30.1 Å². The highest BCUT2D eigenvalue weighted by atomic mass is 19.1. The summed E-state index contributed by atoms with van der Waals surface area (Å²) in [7, 11) is 0. The Kier molecular flexibility index (Phi) is 4.63. The fraction of sp³-hybridized carbons (Fsp3) is 0.333. The van der Waals surface area contributed by atoms with Gasteiger partial charge in [0.2, 0.25) is 5.91 Å². The predicted octanol–water partition coefficient (Wildman–Crippen LogP) is 1.96. The largest absolute Gasteiger partial charge is 0.465 e. The van der Waals surface area contributed by atoms with Crippen molar-refractivity contribution < 1.29 is 18.7 Å². The lowest BCUT2D eigenvalue weighted by Crippen LogP contribution is -2.28. The van der Waals surface area contributed by atoms with Crippen LogP contribution in [0.3, 0.4) is 0 Å². The lowest BCUT2D eigenvalue weighted by atomic mass is 10.1. The molecule has 0 saturated heterocycles. The van der Waals surface area contributed by atoms with Crippen molar-refractivity contribution in [2.24, 2.45) is 5.92 Å². The summed E-state index contributed by atoms with van der Waals surface area (Å²) in [6.07, 6.45) is 0. The van der Waals surface area contributed by atoms with Gasteiger partial charge in [-0.25, -0.2) is 4.39 Å². The van der Waals surface area contributed by atoms with Gasteiger partial charge in [0, 0.05) is 5.69 Å². The van der Waals surface area contributed by atoms with Gasteiger partial charge in [0.05, 0.1) is 6.61 Å². The monoisotopic (exact) mass is 239 g/mol. The second kappa shape index (κ2) is 5.98. The molecule has 0 spiro atoms. The zero-order chi connectivity index (χ0) is 12.8. The first kappa shape index (κ1) is 13.2. The van der Waals surface area contributed by atoms with Crippen LogP contribution in [0.1, 0.15) is 13.8 Å². The summed E-state index contributed by atoms with van der Waals surface area (Å²) in [6, 6.07) is 5.46. The van der Waals surface area contributed by atoms with Crippen LogP contribution in [0.5, 0.6) is 0 Å². The number of hydrogen-bond acceptors (Lipinski definition) is 3. The number of esters is 1. The fourth-order valence-corrected chi connectivity index (χ4v) is 1.19. The van der Waals surface area contributed by atoms with Gasteiger partial charge in [-0.2, -0.15) is 0 Å². The Morgan fingerprint density at radius 1 is 1.47 bits per heavy atom. The van der Waals surface area contributed by atoms with E-state index in [-0.39, 0.29) is 6.61 Å². The zero-order valence-electron chi connectivity index (χ0n) is 9.70. The third-order valence-electron chi connectivity index (χ3n) is 2.13. The molecule has 0 bridgehead atoms. The maximum absolute atomic E-state index is 12.9. The summed E-state index contributed by atoms with van der Waals surface area (Å²) in [4.78, 5) is 22.9. The first-order chi connectivity index (χ1) is 8.04. The van der Waals surface area contributed by atoms with Gasteiger partial charge in [0.15, 0.2) is 0 Å². The minimum absolute atomic E-state index is 0.219. The molecule has 1 aromatic rings. The summed E-state index contributed by atoms with van der Waals surface area (Å²) in [5.41, 5.74) is 0.311. The molecular formula is C12H14FNO3. The molecule has 0 fully saturated rings. The molecule has 0 heterocycles. The Bertz CT molecular complexity index is 420. The maximum atomic E-state index is 12.9. The average molecular weight is 239 g/mol. The standard InChI is InChI=1S/C12H14FNO3/c1-3-17-12(16)8(2)11(15)14-10-6-4-5-9(13)7-10/h4-8H,3H2,1-2H3,(H,14,15). The van der Waals surface area contributed by atoms with Crippen LogP contribution in [0.2, 0.25) is 0 Å². The highest BCUT2D eigenvalue weighted by Crippen LogP contribution is 2.11. The number of amides is 1. The van der Waals surface area contributed by atoms with Crippen LogP contribution >= 0.6 is 0 Å². The Hall–Kier alpha value is -1.91. The van der Waals surface area contributed by atoms with Crippen molar-refractivity contribution in [3.8, 4) is 0 Å². The number of nitrogens with one attached hydrogen (secondary N) is 1. The van der Waals surface area contributed by atoms with Gasteiger partial charge < -0.3 is 10.1 Å². The molecule has 1 atom stereocenters. The molecule has 1 rings (SSSR count). The summed E-state index contributed by atoms with van der Waals surface area (Å²) in [6.45, 7) is 3.32. The predicted molar refractivity (Wildman–Crippen MR) is 60.8 cm³/mol. The molecule has 0 aliphatic carbocycles. The Morgan fingerprint density at radius 3 is 2.76 bits per heavy atom. The molecule has 17 heavy (non-hydrogen) atoms. The van der Waals surface area contributed by atoms with E-state index in [9.17, 15) is 14.0 Å². The van der Waals surface area contributed by atoms with E-state index in [1.165, 1.54) is 25.1 Å². The molecule has 0 saturated carbocycles. The number of carbonyl (C=O) groups is 2. The molecule has 0 aromatic heterocycles. The van der Waals surface area contributed by atoms with Crippen molar-refractivity contribution in [1.29, 1.82) is 0 Å². The zero-order valence-corrected chi connectivity index (χ0v) is 9.70. The first-order valence-corrected chi connectivity index (χ1v) is 5.27. The van der Waals surface area contributed by atoms with Crippen molar-refractivity contribution in [3.63, 3.8) is 0 Å². The van der Waals surface area contributed by atoms with Gasteiger partial charge >= 0.3 is 5.97 Å². The van der Waals surface area contributed by atoms with Gasteiger partial charge in [-0.1, -0.05) is 6.07 Å². The minimum Gasteiger partial charge on any atom is -0.465 e. The van der Waals surface area contributed by atoms with E-state index in [1.807, 2.05) is 0 Å². The SMILES string of the molecule is CCOC(=O)C(C)C(=O)Nc1cccc(F)c1. The third-order valence-corrected chi connectivity index (χ3v) is 2.13. The number of halogens is 1. The van der Waals surface area contributed by atoms with Gasteiger partial charge in [-0.15, -0.1) is 0 Å². The minimum atomic E-state index is -0.918. The summed E-state index contributed by atoms with van der Waals surface area (Å²) in [5.74, 6) is -2.49. The highest BCUT2D eigenvalue weighted by molar-refractivity contribution is 6.04. The van der Waals surface area contributed by atoms with E-state index >= 15 is 0 Å². The number of hydrogen-bond donors (Lipinski definition) is 1. The fourth-order valence-electron chi connectivity index (χ4n) is 1.19. The average Bonchev–Trinajstić information content (AvgIpc) is 2.28. The van der Waals surface area contributed by atoms with E-state index in [1.54, 1.807) is 13.0 Å². The smallest absolute Gasteiger partial charge is 0.318 e. The Labute approximate surface area is 98.8 Å². The number of carbonyl (C=O) groups excluding carboxylic acids is 2. The van der Waals surface area contributed by atoms with Crippen LogP contribution < -0.4 is 5.32 Å². The summed E-state index contributed by atoms with van der Waals surface area (Å²) >= 11 is 0. The van der Waals surface area contributed by atoms with Crippen LogP contribution in [0, 0.1) is 11.7 Å². The molecule has 5 heteroatoms. The highest BCUT2D eigenvalue weighted by Gasteiger charge is 2.22. The van der Waals surface area contributed by atoms with Gasteiger partial charge in [0.25, 0.3) is 0 Å². The molecule has 1 unspecified atom stereocenters. The second-order valence-electron chi connectivity index (χ2n) is 3.47. The van der Waals surface area contributed by atoms with E-state index < -0.39 is 23.6 Å². The number of ether oxygens (including phenoxy) is 1.